The van der Waals surface area contributed by atoms with E-state index >= 15 is 0 Å². The van der Waals surface area contributed by atoms with E-state index in [1.165, 1.54) is 24.0 Å². The van der Waals surface area contributed by atoms with Crippen LogP contribution in [0.2, 0.25) is 0 Å². The van der Waals surface area contributed by atoms with E-state index < -0.39 is 0 Å². The summed E-state index contributed by atoms with van der Waals surface area (Å²) in [6, 6.07) is 9.51. The highest BCUT2D eigenvalue weighted by molar-refractivity contribution is 5.83. The molecular weight excluding hydrogens is 310 g/mol. The van der Waals surface area contributed by atoms with Gasteiger partial charge in [-0.25, -0.2) is 0 Å². The molecule has 4 heteroatoms. The van der Waals surface area contributed by atoms with Crippen LogP contribution in [0.3, 0.4) is 0 Å². The second kappa shape index (κ2) is 6.73. The lowest BCUT2D eigenvalue weighted by molar-refractivity contribution is -0.132. The number of rotatable bonds is 5. The van der Waals surface area contributed by atoms with Gasteiger partial charge in [0.25, 0.3) is 0 Å². The number of hydrogen-bond donors (Lipinski definition) is 0. The SMILES string of the molecule is C[C@H](c1ccc(CN2C[C@@H]3C(C(=O)N4CCCC4)[C@@H]3C2)cc1)N(C)C. The van der Waals surface area contributed by atoms with E-state index in [0.717, 1.165) is 32.7 Å². The lowest BCUT2D eigenvalue weighted by Crippen LogP contribution is -2.33. The van der Waals surface area contributed by atoms with Gasteiger partial charge in [0.1, 0.15) is 0 Å². The molecule has 0 bridgehead atoms. The molecule has 25 heavy (non-hydrogen) atoms. The van der Waals surface area contributed by atoms with Crippen molar-refractivity contribution in [3.8, 4) is 0 Å². The summed E-state index contributed by atoms with van der Waals surface area (Å²) in [5.41, 5.74) is 2.76. The first-order chi connectivity index (χ1) is 12.0. The van der Waals surface area contributed by atoms with E-state index in [4.69, 9.17) is 0 Å². The minimum absolute atomic E-state index is 0.345. The van der Waals surface area contributed by atoms with E-state index in [1.807, 2.05) is 0 Å². The summed E-state index contributed by atoms with van der Waals surface area (Å²) in [5.74, 6) is 2.05. The summed E-state index contributed by atoms with van der Waals surface area (Å²) < 4.78 is 0. The Morgan fingerprint density at radius 2 is 1.72 bits per heavy atom. The van der Waals surface area contributed by atoms with Crippen LogP contribution >= 0.6 is 0 Å². The molecule has 1 unspecified atom stereocenters. The van der Waals surface area contributed by atoms with Gasteiger partial charge in [-0.2, -0.15) is 0 Å². The molecule has 2 saturated heterocycles. The molecule has 0 N–H and O–H groups in total. The zero-order valence-corrected chi connectivity index (χ0v) is 15.8. The molecule has 1 aromatic rings. The Bertz CT molecular complexity index is 609. The fourth-order valence-electron chi connectivity index (χ4n) is 4.72. The summed E-state index contributed by atoms with van der Waals surface area (Å²) in [4.78, 5) is 19.4. The molecule has 0 radical (unpaired) electrons. The zero-order valence-electron chi connectivity index (χ0n) is 15.8. The molecule has 2 heterocycles. The van der Waals surface area contributed by atoms with E-state index in [0.29, 0.717) is 29.7 Å². The Morgan fingerprint density at radius 3 is 2.28 bits per heavy atom. The van der Waals surface area contributed by atoms with Gasteiger partial charge in [-0.05, 0) is 56.8 Å². The number of amides is 1. The number of fused-ring (bicyclic) bond motifs is 1. The van der Waals surface area contributed by atoms with Gasteiger partial charge in [-0.1, -0.05) is 24.3 Å². The maximum Gasteiger partial charge on any atom is 0.226 e. The molecule has 4 rings (SSSR count). The van der Waals surface area contributed by atoms with Crippen molar-refractivity contribution in [1.29, 1.82) is 0 Å². The largest absolute Gasteiger partial charge is 0.342 e. The maximum atomic E-state index is 12.5. The van der Waals surface area contributed by atoms with Crippen LogP contribution in [0.5, 0.6) is 0 Å². The van der Waals surface area contributed by atoms with E-state index in [-0.39, 0.29) is 0 Å². The van der Waals surface area contributed by atoms with Gasteiger partial charge >= 0.3 is 0 Å². The number of nitrogens with zero attached hydrogens (tertiary/aromatic N) is 3. The Hall–Kier alpha value is -1.39. The lowest BCUT2D eigenvalue weighted by Gasteiger charge is -2.23. The van der Waals surface area contributed by atoms with Crippen molar-refractivity contribution in [2.75, 3.05) is 40.3 Å². The van der Waals surface area contributed by atoms with Crippen molar-refractivity contribution in [2.45, 2.75) is 32.4 Å². The zero-order chi connectivity index (χ0) is 17.6. The molecule has 1 amide bonds. The molecule has 136 valence electrons. The highest BCUT2D eigenvalue weighted by Gasteiger charge is 2.60. The molecule has 0 spiro atoms. The summed E-state index contributed by atoms with van der Waals surface area (Å²) >= 11 is 0. The normalized spacial score (nSPS) is 29.9. The summed E-state index contributed by atoms with van der Waals surface area (Å²) in [6.07, 6.45) is 2.39. The summed E-state index contributed by atoms with van der Waals surface area (Å²) in [5, 5.41) is 0. The van der Waals surface area contributed by atoms with Crippen LogP contribution < -0.4 is 0 Å². The molecule has 3 fully saturated rings. The van der Waals surface area contributed by atoms with Crippen LogP contribution in [0.4, 0.5) is 0 Å². The highest BCUT2D eigenvalue weighted by atomic mass is 16.2. The van der Waals surface area contributed by atoms with E-state index in [1.54, 1.807) is 0 Å². The minimum atomic E-state index is 0.345. The number of benzene rings is 1. The van der Waals surface area contributed by atoms with Crippen LogP contribution in [0.25, 0.3) is 0 Å². The quantitative estimate of drug-likeness (QED) is 0.824. The van der Waals surface area contributed by atoms with Gasteiger partial charge < -0.3 is 9.80 Å². The number of carbonyl (C=O) groups is 1. The molecule has 1 saturated carbocycles. The predicted molar refractivity (Wildman–Crippen MR) is 100 cm³/mol. The highest BCUT2D eigenvalue weighted by Crippen LogP contribution is 2.53. The van der Waals surface area contributed by atoms with Crippen molar-refractivity contribution >= 4 is 5.91 Å². The fraction of sp³-hybridized carbons (Fsp3) is 0.667. The molecule has 3 aliphatic rings. The van der Waals surface area contributed by atoms with Crippen LogP contribution in [0, 0.1) is 17.8 Å². The van der Waals surface area contributed by atoms with Gasteiger partial charge in [0.05, 0.1) is 0 Å². The standard InChI is InChI=1S/C21H31N3O/c1-15(22(2)3)17-8-6-16(7-9-17)12-23-13-18-19(14-23)20(18)21(25)24-10-4-5-11-24/h6-9,15,18-20H,4-5,10-14H2,1-3H3/t15-,18-,19+,20?/m1/s1. The Kier molecular flexibility index (Phi) is 4.59. The Morgan fingerprint density at radius 1 is 1.12 bits per heavy atom. The second-order valence-corrected chi connectivity index (χ2v) is 8.46. The summed E-state index contributed by atoms with van der Waals surface area (Å²) in [7, 11) is 4.24. The number of carbonyl (C=O) groups excluding carboxylic acids is 1. The fourth-order valence-corrected chi connectivity index (χ4v) is 4.72. The minimum Gasteiger partial charge on any atom is -0.342 e. The van der Waals surface area contributed by atoms with Crippen molar-refractivity contribution in [2.24, 2.45) is 17.8 Å². The maximum absolute atomic E-state index is 12.5. The average molecular weight is 341 g/mol. The molecule has 4 nitrogen and oxygen atoms in total. The molecular formula is C21H31N3O. The Labute approximate surface area is 151 Å². The molecule has 0 aromatic heterocycles. The number of piperidine rings is 1. The molecule has 4 atom stereocenters. The van der Waals surface area contributed by atoms with Crippen molar-refractivity contribution < 1.29 is 4.79 Å². The second-order valence-electron chi connectivity index (χ2n) is 8.46. The van der Waals surface area contributed by atoms with Crippen LogP contribution in [0.15, 0.2) is 24.3 Å². The monoisotopic (exact) mass is 341 g/mol. The third kappa shape index (κ3) is 3.34. The smallest absolute Gasteiger partial charge is 0.226 e. The van der Waals surface area contributed by atoms with Gasteiger partial charge in [0.15, 0.2) is 0 Å². The molecule has 1 aliphatic carbocycles. The van der Waals surface area contributed by atoms with Crippen molar-refractivity contribution in [1.82, 2.24) is 14.7 Å². The van der Waals surface area contributed by atoms with Gasteiger partial charge in [0.2, 0.25) is 5.91 Å². The van der Waals surface area contributed by atoms with Crippen molar-refractivity contribution in [3.05, 3.63) is 35.4 Å². The summed E-state index contributed by atoms with van der Waals surface area (Å²) in [6.45, 7) is 7.46. The first kappa shape index (κ1) is 17.0. The number of likely N-dealkylation sites (tertiary alicyclic amines) is 2. The number of hydrogen-bond acceptors (Lipinski definition) is 3. The average Bonchev–Trinajstić information content (AvgIpc) is 3.01. The van der Waals surface area contributed by atoms with E-state index in [2.05, 4.69) is 60.0 Å². The Balaban J connectivity index is 1.28. The van der Waals surface area contributed by atoms with Gasteiger partial charge in [0, 0.05) is 44.7 Å². The first-order valence-electron chi connectivity index (χ1n) is 9.81. The van der Waals surface area contributed by atoms with Crippen LogP contribution in [0.1, 0.15) is 36.9 Å². The topological polar surface area (TPSA) is 26.8 Å². The third-order valence-corrected chi connectivity index (χ3v) is 6.62. The van der Waals surface area contributed by atoms with Gasteiger partial charge in [-0.15, -0.1) is 0 Å². The molecule has 2 aliphatic heterocycles. The molecule has 1 aromatic carbocycles. The van der Waals surface area contributed by atoms with E-state index in [9.17, 15) is 4.79 Å². The van der Waals surface area contributed by atoms with Crippen molar-refractivity contribution in [3.63, 3.8) is 0 Å². The van der Waals surface area contributed by atoms with Gasteiger partial charge in [-0.3, -0.25) is 9.69 Å². The lowest BCUT2D eigenvalue weighted by atomic mass is 10.1. The third-order valence-electron chi connectivity index (χ3n) is 6.62. The van der Waals surface area contributed by atoms with Crippen LogP contribution in [-0.4, -0.2) is 60.9 Å². The first-order valence-corrected chi connectivity index (χ1v) is 9.81. The van der Waals surface area contributed by atoms with Crippen LogP contribution in [-0.2, 0) is 11.3 Å². The predicted octanol–water partition coefficient (Wildman–Crippen LogP) is 2.61.